The van der Waals surface area contributed by atoms with E-state index in [0.717, 1.165) is 19.4 Å². The minimum Gasteiger partial charge on any atom is -0.372 e. The molecule has 0 aliphatic carbocycles. The second kappa shape index (κ2) is 6.86. The molecule has 1 aromatic rings. The van der Waals surface area contributed by atoms with Crippen molar-refractivity contribution < 1.29 is 18.8 Å². The van der Waals surface area contributed by atoms with E-state index in [-0.39, 0.29) is 30.0 Å². The summed E-state index contributed by atoms with van der Waals surface area (Å²) in [5.41, 5.74) is 5.15. The van der Waals surface area contributed by atoms with Gasteiger partial charge in [-0.1, -0.05) is 5.16 Å². The molecule has 9 nitrogen and oxygen atoms in total. The van der Waals surface area contributed by atoms with Crippen LogP contribution in [-0.4, -0.2) is 70.1 Å². The molecular formula is C15H23N5O4. The third-order valence-corrected chi connectivity index (χ3v) is 4.42. The van der Waals surface area contributed by atoms with Gasteiger partial charge in [0.1, 0.15) is 0 Å². The Morgan fingerprint density at radius 1 is 1.29 bits per heavy atom. The monoisotopic (exact) mass is 337 g/mol. The van der Waals surface area contributed by atoms with Crippen molar-refractivity contribution in [3.05, 3.63) is 11.7 Å². The van der Waals surface area contributed by atoms with Crippen molar-refractivity contribution in [2.24, 2.45) is 5.73 Å². The molecule has 9 heteroatoms. The Hall–Kier alpha value is -2.00. The Morgan fingerprint density at radius 3 is 2.62 bits per heavy atom. The fourth-order valence-corrected chi connectivity index (χ4v) is 3.42. The summed E-state index contributed by atoms with van der Waals surface area (Å²) in [7, 11) is 0. The van der Waals surface area contributed by atoms with Crippen LogP contribution >= 0.6 is 0 Å². The van der Waals surface area contributed by atoms with Crippen LogP contribution in [0.5, 0.6) is 0 Å². The van der Waals surface area contributed by atoms with Gasteiger partial charge < -0.3 is 19.9 Å². The normalized spacial score (nSPS) is 28.2. The molecule has 3 rings (SSSR count). The Kier molecular flexibility index (Phi) is 4.81. The molecule has 2 aliphatic heterocycles. The Morgan fingerprint density at radius 2 is 2.00 bits per heavy atom. The number of rotatable bonds is 4. The van der Waals surface area contributed by atoms with E-state index in [1.54, 1.807) is 0 Å². The molecular weight excluding hydrogens is 314 g/mol. The van der Waals surface area contributed by atoms with E-state index in [1.807, 2.05) is 23.6 Å². The molecule has 3 atom stereocenters. The molecule has 2 aliphatic rings. The summed E-state index contributed by atoms with van der Waals surface area (Å²) in [6.07, 6.45) is 1.83. The highest BCUT2D eigenvalue weighted by Gasteiger charge is 2.34. The average molecular weight is 337 g/mol. The minimum atomic E-state index is -0.720. The number of hydrogen-bond acceptors (Lipinski definition) is 7. The molecule has 1 aromatic heterocycles. The van der Waals surface area contributed by atoms with Crippen molar-refractivity contribution in [2.45, 2.75) is 44.9 Å². The van der Waals surface area contributed by atoms with Crippen LogP contribution in [0.25, 0.3) is 0 Å². The maximum Gasteiger partial charge on any atom is 0.290 e. The van der Waals surface area contributed by atoms with Gasteiger partial charge in [-0.3, -0.25) is 14.5 Å². The van der Waals surface area contributed by atoms with Crippen molar-refractivity contribution >= 4 is 11.8 Å². The Bertz CT molecular complexity index is 609. The van der Waals surface area contributed by atoms with Crippen LogP contribution in [0, 0.1) is 0 Å². The zero-order chi connectivity index (χ0) is 17.3. The fourth-order valence-electron chi connectivity index (χ4n) is 3.42. The predicted octanol–water partition coefficient (Wildman–Crippen LogP) is -0.0588. The van der Waals surface area contributed by atoms with Gasteiger partial charge in [0.05, 0.1) is 24.8 Å². The molecule has 0 bridgehead atoms. The summed E-state index contributed by atoms with van der Waals surface area (Å²) in [4.78, 5) is 31.6. The first-order valence-corrected chi connectivity index (χ1v) is 8.24. The highest BCUT2D eigenvalue weighted by atomic mass is 16.5. The molecule has 0 radical (unpaired) electrons. The van der Waals surface area contributed by atoms with E-state index < -0.39 is 5.91 Å². The number of carbonyl (C=O) groups excluding carboxylic acids is 2. The van der Waals surface area contributed by atoms with Gasteiger partial charge in [-0.05, 0) is 33.2 Å². The van der Waals surface area contributed by atoms with E-state index in [1.165, 1.54) is 0 Å². The van der Waals surface area contributed by atoms with Gasteiger partial charge in [-0.15, -0.1) is 0 Å². The molecule has 0 saturated carbocycles. The molecule has 0 aromatic carbocycles. The lowest BCUT2D eigenvalue weighted by Crippen LogP contribution is -2.51. The molecule has 24 heavy (non-hydrogen) atoms. The van der Waals surface area contributed by atoms with Crippen LogP contribution in [0.2, 0.25) is 0 Å². The minimum absolute atomic E-state index is 0.0427. The van der Waals surface area contributed by atoms with Crippen LogP contribution in [-0.2, 0) is 9.53 Å². The quantitative estimate of drug-likeness (QED) is 0.818. The number of nitrogens with zero attached hydrogens (tertiary/aromatic N) is 4. The first kappa shape index (κ1) is 16.8. The SMILES string of the molecule is C[C@@H]1CN(C(=O)CN2CCC[C@H]2c2nc(C(N)=O)no2)C[C@@H](C)O1. The lowest BCUT2D eigenvalue weighted by molar-refractivity contribution is -0.144. The van der Waals surface area contributed by atoms with Gasteiger partial charge in [0.15, 0.2) is 0 Å². The van der Waals surface area contributed by atoms with E-state index in [9.17, 15) is 9.59 Å². The van der Waals surface area contributed by atoms with Crippen LogP contribution in [0.3, 0.4) is 0 Å². The molecule has 2 amide bonds. The zero-order valence-corrected chi connectivity index (χ0v) is 14.0. The van der Waals surface area contributed by atoms with E-state index >= 15 is 0 Å². The number of aromatic nitrogens is 2. The fraction of sp³-hybridized carbons (Fsp3) is 0.733. The highest BCUT2D eigenvalue weighted by molar-refractivity contribution is 5.88. The molecule has 2 N–H and O–H groups in total. The molecule has 3 heterocycles. The van der Waals surface area contributed by atoms with Gasteiger partial charge in [0.25, 0.3) is 11.7 Å². The lowest BCUT2D eigenvalue weighted by Gasteiger charge is -2.36. The molecule has 0 unspecified atom stereocenters. The van der Waals surface area contributed by atoms with E-state index in [4.69, 9.17) is 15.0 Å². The average Bonchev–Trinajstić information content (AvgIpc) is 3.14. The van der Waals surface area contributed by atoms with Gasteiger partial charge >= 0.3 is 0 Å². The van der Waals surface area contributed by atoms with E-state index in [2.05, 4.69) is 10.1 Å². The maximum atomic E-state index is 12.6. The van der Waals surface area contributed by atoms with Crippen molar-refractivity contribution in [2.75, 3.05) is 26.2 Å². The molecule has 2 saturated heterocycles. The van der Waals surface area contributed by atoms with Crippen LogP contribution in [0.15, 0.2) is 4.52 Å². The van der Waals surface area contributed by atoms with Crippen molar-refractivity contribution in [3.63, 3.8) is 0 Å². The smallest absolute Gasteiger partial charge is 0.290 e. The van der Waals surface area contributed by atoms with Crippen LogP contribution in [0.4, 0.5) is 0 Å². The van der Waals surface area contributed by atoms with Crippen molar-refractivity contribution in [1.82, 2.24) is 19.9 Å². The highest BCUT2D eigenvalue weighted by Crippen LogP contribution is 2.30. The predicted molar refractivity (Wildman–Crippen MR) is 83.0 cm³/mol. The van der Waals surface area contributed by atoms with E-state index in [0.29, 0.717) is 25.5 Å². The van der Waals surface area contributed by atoms with Crippen LogP contribution < -0.4 is 5.73 Å². The summed E-state index contributed by atoms with van der Waals surface area (Å²) in [5, 5.41) is 3.58. The Labute approximate surface area is 140 Å². The Balaban J connectivity index is 1.65. The van der Waals surface area contributed by atoms with Gasteiger partial charge in [0.2, 0.25) is 11.8 Å². The topological polar surface area (TPSA) is 115 Å². The van der Waals surface area contributed by atoms with Crippen molar-refractivity contribution in [3.8, 4) is 0 Å². The van der Waals surface area contributed by atoms with Gasteiger partial charge in [-0.25, -0.2) is 0 Å². The number of likely N-dealkylation sites (tertiary alicyclic amines) is 1. The third kappa shape index (κ3) is 3.57. The largest absolute Gasteiger partial charge is 0.372 e. The number of amides is 2. The summed E-state index contributed by atoms with van der Waals surface area (Å²) in [5.74, 6) is -0.433. The molecule has 2 fully saturated rings. The zero-order valence-electron chi connectivity index (χ0n) is 14.0. The second-order valence-electron chi connectivity index (χ2n) is 6.51. The lowest BCUT2D eigenvalue weighted by atomic mass is 10.2. The summed E-state index contributed by atoms with van der Waals surface area (Å²) in [6.45, 7) is 6.22. The number of primary amides is 1. The standard InChI is InChI=1S/C15H23N5O4/c1-9-6-20(7-10(2)23-9)12(21)8-19-5-3-4-11(19)15-17-14(13(16)22)18-24-15/h9-11H,3-8H2,1-2H3,(H2,16,22)/t9-,10-,11+/m1/s1. The summed E-state index contributed by atoms with van der Waals surface area (Å²) >= 11 is 0. The third-order valence-electron chi connectivity index (χ3n) is 4.42. The molecule has 132 valence electrons. The first-order chi connectivity index (χ1) is 11.4. The number of nitrogens with two attached hydrogens (primary N) is 1. The van der Waals surface area contributed by atoms with Gasteiger partial charge in [-0.2, -0.15) is 4.98 Å². The first-order valence-electron chi connectivity index (χ1n) is 8.24. The van der Waals surface area contributed by atoms with Crippen LogP contribution in [0.1, 0.15) is 49.2 Å². The summed E-state index contributed by atoms with van der Waals surface area (Å²) < 4.78 is 10.8. The number of carbonyl (C=O) groups is 2. The number of morpholine rings is 1. The number of ether oxygens (including phenoxy) is 1. The second-order valence-corrected chi connectivity index (χ2v) is 6.51. The molecule has 0 spiro atoms. The van der Waals surface area contributed by atoms with Crippen molar-refractivity contribution in [1.29, 1.82) is 0 Å². The summed E-state index contributed by atoms with van der Waals surface area (Å²) in [6, 6.07) is -0.148. The number of hydrogen-bond donors (Lipinski definition) is 1. The maximum absolute atomic E-state index is 12.6. The van der Waals surface area contributed by atoms with Gasteiger partial charge in [0, 0.05) is 13.1 Å².